The molecule has 1 aromatic carbocycles. The lowest BCUT2D eigenvalue weighted by molar-refractivity contribution is 0.577. The molecule has 2 aromatic rings. The number of nitrogens with one attached hydrogen (secondary N) is 1. The molecule has 1 aromatic heterocycles. The van der Waals surface area contributed by atoms with Crippen molar-refractivity contribution < 1.29 is 0 Å². The highest BCUT2D eigenvalue weighted by atomic mass is 79.9. The second kappa shape index (κ2) is 6.14. The van der Waals surface area contributed by atoms with E-state index in [0.717, 1.165) is 11.0 Å². The van der Waals surface area contributed by atoms with Crippen molar-refractivity contribution in [2.45, 2.75) is 19.5 Å². The molecule has 2 rings (SSSR count). The Morgan fingerprint density at radius 1 is 1.18 bits per heavy atom. The Balaban J connectivity index is 1.98. The Morgan fingerprint density at radius 2 is 1.94 bits per heavy atom. The van der Waals surface area contributed by atoms with E-state index in [9.17, 15) is 0 Å². The summed E-state index contributed by atoms with van der Waals surface area (Å²) in [6.07, 6.45) is 0. The number of halogens is 2. The molecule has 1 heterocycles. The molecule has 0 spiro atoms. The van der Waals surface area contributed by atoms with E-state index in [0.29, 0.717) is 6.04 Å². The third-order valence-corrected chi connectivity index (χ3v) is 4.93. The summed E-state index contributed by atoms with van der Waals surface area (Å²) in [7, 11) is 0. The Morgan fingerprint density at radius 3 is 2.59 bits per heavy atom. The second-order valence-electron chi connectivity index (χ2n) is 3.83. The molecule has 90 valence electrons. The van der Waals surface area contributed by atoms with Gasteiger partial charge in [-0.3, -0.25) is 0 Å². The van der Waals surface area contributed by atoms with E-state index in [4.69, 9.17) is 0 Å². The van der Waals surface area contributed by atoms with Gasteiger partial charge in [0, 0.05) is 21.9 Å². The smallest absolute Gasteiger partial charge is 0.0701 e. The fraction of sp³-hybridized carbons (Fsp3) is 0.231. The van der Waals surface area contributed by atoms with Crippen LogP contribution in [-0.4, -0.2) is 0 Å². The van der Waals surface area contributed by atoms with Gasteiger partial charge in [-0.2, -0.15) is 0 Å². The molecule has 0 aliphatic carbocycles. The molecule has 17 heavy (non-hydrogen) atoms. The van der Waals surface area contributed by atoms with Crippen molar-refractivity contribution in [3.8, 4) is 0 Å². The monoisotopic (exact) mass is 373 g/mol. The molecule has 1 N–H and O–H groups in total. The van der Waals surface area contributed by atoms with Crippen molar-refractivity contribution in [3.05, 3.63) is 55.1 Å². The summed E-state index contributed by atoms with van der Waals surface area (Å²) < 4.78 is 2.34. The lowest BCUT2D eigenvalue weighted by Gasteiger charge is -2.15. The summed E-state index contributed by atoms with van der Waals surface area (Å²) >= 11 is 8.83. The van der Waals surface area contributed by atoms with E-state index < -0.39 is 0 Å². The van der Waals surface area contributed by atoms with Gasteiger partial charge < -0.3 is 5.32 Å². The molecule has 0 fully saturated rings. The second-order valence-corrected chi connectivity index (χ2v) is 7.23. The van der Waals surface area contributed by atoms with Gasteiger partial charge >= 0.3 is 0 Å². The summed E-state index contributed by atoms with van der Waals surface area (Å²) in [5.74, 6) is 0. The lowest BCUT2D eigenvalue weighted by atomic mass is 10.1. The molecule has 0 bridgehead atoms. The highest BCUT2D eigenvalue weighted by molar-refractivity contribution is 9.11. The Kier molecular flexibility index (Phi) is 4.79. The minimum Gasteiger partial charge on any atom is -0.305 e. The SMILES string of the molecule is C[C@@H](NCc1ccc(Br)s1)c1ccccc1Br. The van der Waals surface area contributed by atoms with Crippen molar-refractivity contribution in [1.29, 1.82) is 0 Å². The normalized spacial score (nSPS) is 12.6. The van der Waals surface area contributed by atoms with Gasteiger partial charge in [-0.1, -0.05) is 34.1 Å². The molecule has 0 radical (unpaired) electrons. The maximum atomic E-state index is 3.58. The molecule has 0 amide bonds. The average molecular weight is 375 g/mol. The van der Waals surface area contributed by atoms with E-state index >= 15 is 0 Å². The third-order valence-electron chi connectivity index (χ3n) is 2.58. The van der Waals surface area contributed by atoms with Crippen LogP contribution in [0.15, 0.2) is 44.7 Å². The zero-order valence-corrected chi connectivity index (χ0v) is 13.4. The van der Waals surface area contributed by atoms with E-state index in [1.165, 1.54) is 14.2 Å². The summed E-state index contributed by atoms with van der Waals surface area (Å²) in [5.41, 5.74) is 1.29. The number of benzene rings is 1. The number of hydrogen-bond donors (Lipinski definition) is 1. The van der Waals surface area contributed by atoms with Gasteiger partial charge in [0.05, 0.1) is 3.79 Å². The van der Waals surface area contributed by atoms with Crippen LogP contribution in [0.5, 0.6) is 0 Å². The third kappa shape index (κ3) is 3.65. The van der Waals surface area contributed by atoms with Crippen molar-refractivity contribution in [1.82, 2.24) is 5.32 Å². The zero-order chi connectivity index (χ0) is 12.3. The first-order chi connectivity index (χ1) is 8.16. The fourth-order valence-corrected chi connectivity index (χ4v) is 3.70. The molecular formula is C13H13Br2NS. The summed E-state index contributed by atoms with van der Waals surface area (Å²) in [6.45, 7) is 3.08. The molecule has 0 saturated carbocycles. The van der Waals surface area contributed by atoms with Gasteiger partial charge in [-0.05, 0) is 46.6 Å². The van der Waals surface area contributed by atoms with Gasteiger partial charge in [0.2, 0.25) is 0 Å². The van der Waals surface area contributed by atoms with Crippen LogP contribution in [0.4, 0.5) is 0 Å². The van der Waals surface area contributed by atoms with Gasteiger partial charge in [-0.15, -0.1) is 11.3 Å². The fourth-order valence-electron chi connectivity index (χ4n) is 1.64. The van der Waals surface area contributed by atoms with Crippen LogP contribution in [0.1, 0.15) is 23.4 Å². The van der Waals surface area contributed by atoms with Crippen LogP contribution in [0, 0.1) is 0 Å². The maximum absolute atomic E-state index is 3.58. The van der Waals surface area contributed by atoms with Gasteiger partial charge in [0.15, 0.2) is 0 Å². The number of thiophene rings is 1. The quantitative estimate of drug-likeness (QED) is 0.782. The Bertz CT molecular complexity index is 496. The van der Waals surface area contributed by atoms with Crippen molar-refractivity contribution >= 4 is 43.2 Å². The van der Waals surface area contributed by atoms with E-state index in [1.807, 2.05) is 6.07 Å². The molecule has 0 aliphatic heterocycles. The van der Waals surface area contributed by atoms with Crippen LogP contribution in [0.25, 0.3) is 0 Å². The maximum Gasteiger partial charge on any atom is 0.0701 e. The standard InChI is InChI=1S/C13H13Br2NS/c1-9(11-4-2-3-5-12(11)14)16-8-10-6-7-13(15)17-10/h2-7,9,16H,8H2,1H3/t9-/m1/s1. The van der Waals surface area contributed by atoms with Gasteiger partial charge in [0.25, 0.3) is 0 Å². The highest BCUT2D eigenvalue weighted by Gasteiger charge is 2.08. The van der Waals surface area contributed by atoms with E-state index in [-0.39, 0.29) is 0 Å². The first kappa shape index (κ1) is 13.3. The van der Waals surface area contributed by atoms with Crippen LogP contribution in [0.3, 0.4) is 0 Å². The Labute approximate surface area is 123 Å². The average Bonchev–Trinajstić information content (AvgIpc) is 2.73. The van der Waals surface area contributed by atoms with Crippen LogP contribution < -0.4 is 5.32 Å². The number of hydrogen-bond acceptors (Lipinski definition) is 2. The Hall–Kier alpha value is -0.160. The van der Waals surface area contributed by atoms with Crippen LogP contribution in [-0.2, 0) is 6.54 Å². The first-order valence-corrected chi connectivity index (χ1v) is 7.79. The summed E-state index contributed by atoms with van der Waals surface area (Å²) in [6, 6.07) is 12.9. The van der Waals surface area contributed by atoms with Crippen molar-refractivity contribution in [2.75, 3.05) is 0 Å². The van der Waals surface area contributed by atoms with E-state index in [1.54, 1.807) is 11.3 Å². The topological polar surface area (TPSA) is 12.0 Å². The molecule has 1 nitrogen and oxygen atoms in total. The largest absolute Gasteiger partial charge is 0.305 e. The molecular weight excluding hydrogens is 362 g/mol. The van der Waals surface area contributed by atoms with Crippen LogP contribution >= 0.6 is 43.2 Å². The predicted octanol–water partition coefficient (Wildman–Crippen LogP) is 5.12. The van der Waals surface area contributed by atoms with E-state index in [2.05, 4.69) is 74.4 Å². The van der Waals surface area contributed by atoms with Gasteiger partial charge in [0.1, 0.15) is 0 Å². The van der Waals surface area contributed by atoms with Crippen molar-refractivity contribution in [3.63, 3.8) is 0 Å². The zero-order valence-electron chi connectivity index (χ0n) is 9.41. The summed E-state index contributed by atoms with van der Waals surface area (Å²) in [4.78, 5) is 1.34. The minimum absolute atomic E-state index is 0.339. The first-order valence-electron chi connectivity index (χ1n) is 5.39. The molecule has 0 aliphatic rings. The molecule has 0 unspecified atom stereocenters. The highest BCUT2D eigenvalue weighted by Crippen LogP contribution is 2.25. The predicted molar refractivity (Wildman–Crippen MR) is 81.4 cm³/mol. The van der Waals surface area contributed by atoms with Crippen LogP contribution in [0.2, 0.25) is 0 Å². The molecule has 1 atom stereocenters. The van der Waals surface area contributed by atoms with Gasteiger partial charge in [-0.25, -0.2) is 0 Å². The summed E-state index contributed by atoms with van der Waals surface area (Å²) in [5, 5.41) is 3.53. The van der Waals surface area contributed by atoms with Crippen molar-refractivity contribution in [2.24, 2.45) is 0 Å². The molecule has 0 saturated heterocycles. The number of rotatable bonds is 4. The lowest BCUT2D eigenvalue weighted by Crippen LogP contribution is -2.17. The molecule has 4 heteroatoms. The minimum atomic E-state index is 0.339.